The van der Waals surface area contributed by atoms with Crippen LogP contribution in [0.15, 0.2) is 18.2 Å². The van der Waals surface area contributed by atoms with Crippen molar-refractivity contribution in [3.8, 4) is 0 Å². The van der Waals surface area contributed by atoms with Crippen LogP contribution >= 0.6 is 0 Å². The maximum absolute atomic E-state index is 10.8. The minimum absolute atomic E-state index is 0.691. The van der Waals surface area contributed by atoms with E-state index in [1.165, 1.54) is 16.7 Å². The second kappa shape index (κ2) is 4.97. The van der Waals surface area contributed by atoms with Gasteiger partial charge >= 0.3 is 0 Å². The van der Waals surface area contributed by atoms with Crippen molar-refractivity contribution in [3.63, 3.8) is 0 Å². The molecule has 102 valence electrons. The summed E-state index contributed by atoms with van der Waals surface area (Å²) in [6.45, 7) is 9.60. The number of fused-ring (bicyclic) bond motifs is 1. The number of carbonyl (C=O) groups excluding carboxylic acids is 1. The first-order valence-corrected chi connectivity index (χ1v) is 7.13. The van der Waals surface area contributed by atoms with E-state index < -0.39 is 0 Å². The van der Waals surface area contributed by atoms with Crippen LogP contribution in [-0.2, 0) is 11.3 Å². The summed E-state index contributed by atoms with van der Waals surface area (Å²) in [4.78, 5) is 15.3. The van der Waals surface area contributed by atoms with Gasteiger partial charge in [-0.1, -0.05) is 23.8 Å². The fraction of sp³-hybridized carbons (Fsp3) is 0.562. The molecule has 0 aromatic heterocycles. The van der Waals surface area contributed by atoms with Gasteiger partial charge in [0.1, 0.15) is 0 Å². The molecule has 3 rings (SSSR count). The Bertz CT molecular complexity index is 472. The molecule has 0 saturated carbocycles. The number of nitrogens with zero attached hydrogens (tertiary/aromatic N) is 2. The van der Waals surface area contributed by atoms with E-state index in [4.69, 9.17) is 0 Å². The van der Waals surface area contributed by atoms with Crippen molar-refractivity contribution in [1.29, 1.82) is 0 Å². The van der Waals surface area contributed by atoms with E-state index in [0.717, 1.165) is 39.1 Å². The Morgan fingerprint density at radius 1 is 1.16 bits per heavy atom. The molecule has 2 saturated heterocycles. The average molecular weight is 258 g/mol. The number of carbonyl (C=O) groups is 1. The molecule has 0 N–H and O–H groups in total. The summed E-state index contributed by atoms with van der Waals surface area (Å²) in [7, 11) is 0. The second-order valence-corrected chi connectivity index (χ2v) is 6.20. The van der Waals surface area contributed by atoms with Crippen molar-refractivity contribution in [2.75, 3.05) is 26.2 Å². The zero-order valence-corrected chi connectivity index (χ0v) is 11.8. The highest BCUT2D eigenvalue weighted by Crippen LogP contribution is 2.31. The summed E-state index contributed by atoms with van der Waals surface area (Å²) < 4.78 is 0. The fourth-order valence-corrected chi connectivity index (χ4v) is 3.61. The zero-order valence-electron chi connectivity index (χ0n) is 11.8. The minimum atomic E-state index is 0.691. The van der Waals surface area contributed by atoms with Crippen LogP contribution in [-0.4, -0.2) is 42.4 Å². The Kier molecular flexibility index (Phi) is 3.31. The van der Waals surface area contributed by atoms with Crippen LogP contribution < -0.4 is 0 Å². The number of hydrogen-bond donors (Lipinski definition) is 0. The molecular weight excluding hydrogens is 236 g/mol. The van der Waals surface area contributed by atoms with Gasteiger partial charge in [-0.2, -0.15) is 0 Å². The van der Waals surface area contributed by atoms with Gasteiger partial charge in [0.15, 0.2) is 0 Å². The molecule has 1 aromatic rings. The van der Waals surface area contributed by atoms with E-state index in [9.17, 15) is 4.79 Å². The van der Waals surface area contributed by atoms with Crippen molar-refractivity contribution in [2.24, 2.45) is 11.8 Å². The van der Waals surface area contributed by atoms with Gasteiger partial charge in [0.25, 0.3) is 0 Å². The second-order valence-electron chi connectivity index (χ2n) is 6.20. The van der Waals surface area contributed by atoms with Gasteiger partial charge in [-0.15, -0.1) is 0 Å². The number of likely N-dealkylation sites (tertiary alicyclic amines) is 2. The van der Waals surface area contributed by atoms with Crippen molar-refractivity contribution in [1.82, 2.24) is 9.80 Å². The first-order chi connectivity index (χ1) is 9.15. The quantitative estimate of drug-likeness (QED) is 0.772. The normalized spacial score (nSPS) is 26.7. The maximum atomic E-state index is 10.8. The largest absolute Gasteiger partial charge is 0.345 e. The molecule has 2 atom stereocenters. The molecule has 0 radical (unpaired) electrons. The number of benzene rings is 1. The minimum Gasteiger partial charge on any atom is -0.345 e. The summed E-state index contributed by atoms with van der Waals surface area (Å²) in [6, 6.07) is 6.73. The molecule has 1 amide bonds. The summed E-state index contributed by atoms with van der Waals surface area (Å²) in [6.07, 6.45) is 1.01. The van der Waals surface area contributed by atoms with E-state index in [0.29, 0.717) is 11.8 Å². The van der Waals surface area contributed by atoms with Crippen LogP contribution in [0.3, 0.4) is 0 Å². The van der Waals surface area contributed by atoms with Crippen molar-refractivity contribution < 1.29 is 4.79 Å². The molecule has 2 aliphatic heterocycles. The molecule has 3 nitrogen and oxygen atoms in total. The average Bonchev–Trinajstić information content (AvgIpc) is 2.90. The van der Waals surface area contributed by atoms with Crippen molar-refractivity contribution in [3.05, 3.63) is 34.9 Å². The van der Waals surface area contributed by atoms with Gasteiger partial charge in [0.2, 0.25) is 6.41 Å². The van der Waals surface area contributed by atoms with Crippen LogP contribution in [0.2, 0.25) is 0 Å². The lowest BCUT2D eigenvalue weighted by molar-refractivity contribution is -0.117. The molecule has 0 aliphatic carbocycles. The van der Waals surface area contributed by atoms with Gasteiger partial charge in [-0.25, -0.2) is 0 Å². The van der Waals surface area contributed by atoms with E-state index in [-0.39, 0.29) is 0 Å². The number of amides is 1. The molecule has 0 bridgehead atoms. The third kappa shape index (κ3) is 2.52. The van der Waals surface area contributed by atoms with Gasteiger partial charge in [0, 0.05) is 32.7 Å². The van der Waals surface area contributed by atoms with Crippen LogP contribution in [0.5, 0.6) is 0 Å². The highest BCUT2D eigenvalue weighted by Gasteiger charge is 2.39. The Balaban J connectivity index is 1.63. The maximum Gasteiger partial charge on any atom is 0.209 e. The summed E-state index contributed by atoms with van der Waals surface area (Å²) >= 11 is 0. The SMILES string of the molecule is Cc1ccc(CN2CC3CN(C=O)CC3C2)c(C)c1. The van der Waals surface area contributed by atoms with Crippen LogP contribution in [0.25, 0.3) is 0 Å². The van der Waals surface area contributed by atoms with Crippen LogP contribution in [0, 0.1) is 25.7 Å². The van der Waals surface area contributed by atoms with Gasteiger partial charge in [-0.3, -0.25) is 9.69 Å². The van der Waals surface area contributed by atoms with Gasteiger partial charge < -0.3 is 4.90 Å². The first-order valence-electron chi connectivity index (χ1n) is 7.13. The lowest BCUT2D eigenvalue weighted by Crippen LogP contribution is -2.28. The Labute approximate surface area is 115 Å². The zero-order chi connectivity index (χ0) is 13.4. The van der Waals surface area contributed by atoms with Crippen LogP contribution in [0.1, 0.15) is 16.7 Å². The highest BCUT2D eigenvalue weighted by atomic mass is 16.1. The van der Waals surface area contributed by atoms with Gasteiger partial charge in [-0.05, 0) is 36.8 Å². The van der Waals surface area contributed by atoms with E-state index >= 15 is 0 Å². The third-order valence-corrected chi connectivity index (χ3v) is 4.63. The summed E-state index contributed by atoms with van der Waals surface area (Å²) in [5.74, 6) is 1.38. The van der Waals surface area contributed by atoms with Crippen LogP contribution in [0.4, 0.5) is 0 Å². The molecule has 2 heterocycles. The summed E-state index contributed by atoms with van der Waals surface area (Å²) in [5, 5.41) is 0. The van der Waals surface area contributed by atoms with Crippen molar-refractivity contribution in [2.45, 2.75) is 20.4 Å². The fourth-order valence-electron chi connectivity index (χ4n) is 3.61. The monoisotopic (exact) mass is 258 g/mol. The van der Waals surface area contributed by atoms with E-state index in [1.807, 2.05) is 4.90 Å². The molecular formula is C16H22N2O. The molecule has 19 heavy (non-hydrogen) atoms. The lowest BCUT2D eigenvalue weighted by Gasteiger charge is -2.20. The molecule has 0 spiro atoms. The lowest BCUT2D eigenvalue weighted by atomic mass is 10.0. The summed E-state index contributed by atoms with van der Waals surface area (Å²) in [5.41, 5.74) is 4.17. The Morgan fingerprint density at radius 2 is 1.84 bits per heavy atom. The molecule has 2 aliphatic rings. The van der Waals surface area contributed by atoms with Crippen molar-refractivity contribution >= 4 is 6.41 Å². The number of hydrogen-bond acceptors (Lipinski definition) is 2. The first kappa shape index (κ1) is 12.7. The highest BCUT2D eigenvalue weighted by molar-refractivity contribution is 5.48. The molecule has 1 aromatic carbocycles. The standard InChI is InChI=1S/C16H22N2O/c1-12-3-4-14(13(2)5-12)6-17-7-15-9-18(11-19)10-16(15)8-17/h3-5,11,15-16H,6-10H2,1-2H3. The number of rotatable bonds is 3. The molecule has 3 heteroatoms. The smallest absolute Gasteiger partial charge is 0.209 e. The Hall–Kier alpha value is -1.35. The molecule has 2 unspecified atom stereocenters. The third-order valence-electron chi connectivity index (χ3n) is 4.63. The Morgan fingerprint density at radius 3 is 2.42 bits per heavy atom. The molecule has 2 fully saturated rings. The predicted octanol–water partition coefficient (Wildman–Crippen LogP) is 1.82. The van der Waals surface area contributed by atoms with E-state index in [1.54, 1.807) is 0 Å². The predicted molar refractivity (Wildman–Crippen MR) is 75.8 cm³/mol. The van der Waals surface area contributed by atoms with E-state index in [2.05, 4.69) is 36.9 Å². The topological polar surface area (TPSA) is 23.6 Å². The number of aryl methyl sites for hydroxylation is 2. The van der Waals surface area contributed by atoms with Gasteiger partial charge in [0.05, 0.1) is 0 Å².